The molecule has 0 spiro atoms. The summed E-state index contributed by atoms with van der Waals surface area (Å²) in [6, 6.07) is 9.79. The van der Waals surface area contributed by atoms with Crippen molar-refractivity contribution in [1.29, 1.82) is 0 Å². The van der Waals surface area contributed by atoms with Crippen molar-refractivity contribution in [2.45, 2.75) is 32.8 Å². The molecule has 0 saturated carbocycles. The molecule has 7 heteroatoms. The maximum absolute atomic E-state index is 11.0. The zero-order valence-electron chi connectivity index (χ0n) is 16.3. The van der Waals surface area contributed by atoms with Crippen LogP contribution >= 0.6 is 0 Å². The van der Waals surface area contributed by atoms with Gasteiger partial charge in [-0.15, -0.1) is 0 Å². The van der Waals surface area contributed by atoms with Gasteiger partial charge in [-0.25, -0.2) is 15.0 Å². The van der Waals surface area contributed by atoms with Crippen molar-refractivity contribution >= 4 is 5.97 Å². The van der Waals surface area contributed by atoms with Crippen molar-refractivity contribution in [2.24, 2.45) is 0 Å². The lowest BCUT2D eigenvalue weighted by Gasteiger charge is -2.11. The molecule has 0 bridgehead atoms. The molecule has 0 aliphatic carbocycles. The van der Waals surface area contributed by atoms with Gasteiger partial charge in [0.1, 0.15) is 18.7 Å². The summed E-state index contributed by atoms with van der Waals surface area (Å²) in [6.07, 6.45) is 3.25. The zero-order valence-corrected chi connectivity index (χ0v) is 16.3. The number of benzene rings is 1. The molecule has 148 valence electrons. The van der Waals surface area contributed by atoms with Crippen LogP contribution in [-0.4, -0.2) is 32.6 Å². The summed E-state index contributed by atoms with van der Waals surface area (Å²) in [5.41, 5.74) is 5.76. The second-order valence-electron chi connectivity index (χ2n) is 7.07. The number of rotatable bonds is 6. The molecular weight excluding hydrogens is 370 g/mol. The second kappa shape index (κ2) is 7.87. The van der Waals surface area contributed by atoms with E-state index in [-0.39, 0.29) is 12.3 Å². The first-order chi connectivity index (χ1) is 14.0. The third-order valence-electron chi connectivity index (χ3n) is 5.00. The van der Waals surface area contributed by atoms with Gasteiger partial charge in [-0.1, -0.05) is 18.2 Å². The Bertz CT molecular complexity index is 1050. The summed E-state index contributed by atoms with van der Waals surface area (Å²) < 4.78 is 11.5. The Hall–Kier alpha value is -3.48. The molecule has 1 N–H and O–H groups in total. The minimum Gasteiger partial charge on any atom is -0.492 e. The Morgan fingerprint density at radius 1 is 1.21 bits per heavy atom. The average Bonchev–Trinajstić information content (AvgIpc) is 3.08. The highest BCUT2D eigenvalue weighted by molar-refractivity contribution is 5.69. The fourth-order valence-corrected chi connectivity index (χ4v) is 3.58. The Morgan fingerprint density at radius 3 is 2.76 bits per heavy atom. The van der Waals surface area contributed by atoms with Crippen LogP contribution in [-0.2, 0) is 11.4 Å². The summed E-state index contributed by atoms with van der Waals surface area (Å²) in [7, 11) is 0. The summed E-state index contributed by atoms with van der Waals surface area (Å²) in [5, 5.41) is 8.99. The van der Waals surface area contributed by atoms with E-state index in [0.717, 1.165) is 33.6 Å². The number of aromatic nitrogens is 3. The van der Waals surface area contributed by atoms with Crippen molar-refractivity contribution in [3.8, 4) is 22.8 Å². The Labute approximate surface area is 168 Å². The van der Waals surface area contributed by atoms with Crippen LogP contribution < -0.4 is 9.47 Å². The third-order valence-corrected chi connectivity index (χ3v) is 5.00. The first kappa shape index (κ1) is 18.9. The van der Waals surface area contributed by atoms with E-state index in [9.17, 15) is 4.79 Å². The molecule has 1 aliphatic heterocycles. The summed E-state index contributed by atoms with van der Waals surface area (Å²) in [4.78, 5) is 23.9. The predicted molar refractivity (Wildman–Crippen MR) is 106 cm³/mol. The van der Waals surface area contributed by atoms with Crippen molar-refractivity contribution < 1.29 is 19.4 Å². The maximum atomic E-state index is 11.0. The maximum Gasteiger partial charge on any atom is 0.304 e. The van der Waals surface area contributed by atoms with E-state index in [1.165, 1.54) is 0 Å². The first-order valence-electron chi connectivity index (χ1n) is 9.36. The zero-order chi connectivity index (χ0) is 20.4. The molecule has 3 aromatic rings. The topological polar surface area (TPSA) is 94.4 Å². The van der Waals surface area contributed by atoms with Crippen molar-refractivity contribution in [2.75, 3.05) is 6.61 Å². The fourth-order valence-electron chi connectivity index (χ4n) is 3.58. The number of carbonyl (C=O) groups is 1. The smallest absolute Gasteiger partial charge is 0.304 e. The Balaban J connectivity index is 1.49. The van der Waals surface area contributed by atoms with Crippen molar-refractivity contribution in [1.82, 2.24) is 15.0 Å². The van der Waals surface area contributed by atoms with Gasteiger partial charge < -0.3 is 14.6 Å². The number of hydrogen-bond donors (Lipinski definition) is 1. The second-order valence-corrected chi connectivity index (χ2v) is 7.07. The van der Waals surface area contributed by atoms with E-state index in [4.69, 9.17) is 14.6 Å². The molecule has 7 nitrogen and oxygen atoms in total. The van der Waals surface area contributed by atoms with Crippen molar-refractivity contribution in [3.05, 3.63) is 65.4 Å². The molecule has 1 aromatic carbocycles. The molecule has 0 fully saturated rings. The minimum atomic E-state index is -0.846. The lowest BCUT2D eigenvalue weighted by molar-refractivity contribution is -0.137. The third kappa shape index (κ3) is 4.03. The summed E-state index contributed by atoms with van der Waals surface area (Å²) in [5.74, 6) is 0.0736. The number of aliphatic carboxylic acids is 1. The molecule has 1 unspecified atom stereocenters. The minimum absolute atomic E-state index is 0.0315. The summed E-state index contributed by atoms with van der Waals surface area (Å²) >= 11 is 0. The average molecular weight is 391 g/mol. The Morgan fingerprint density at radius 2 is 2.00 bits per heavy atom. The van der Waals surface area contributed by atoms with E-state index in [1.54, 1.807) is 18.6 Å². The van der Waals surface area contributed by atoms with Gasteiger partial charge in [-0.05, 0) is 31.0 Å². The molecule has 0 radical (unpaired) electrons. The van der Waals surface area contributed by atoms with Gasteiger partial charge in [-0.3, -0.25) is 4.79 Å². The summed E-state index contributed by atoms with van der Waals surface area (Å²) in [6.45, 7) is 4.65. The number of fused-ring (bicyclic) bond motifs is 1. The number of aryl methyl sites for hydroxylation is 2. The number of nitrogens with zero attached hydrogens (tertiary/aromatic N) is 3. The van der Waals surface area contributed by atoms with Crippen LogP contribution in [0.5, 0.6) is 11.6 Å². The lowest BCUT2D eigenvalue weighted by Crippen LogP contribution is -2.07. The van der Waals surface area contributed by atoms with E-state index in [0.29, 0.717) is 24.8 Å². The fraction of sp³-hybridized carbons (Fsp3) is 0.273. The van der Waals surface area contributed by atoms with Gasteiger partial charge in [-0.2, -0.15) is 0 Å². The highest BCUT2D eigenvalue weighted by atomic mass is 16.5. The number of pyridine rings is 1. The monoisotopic (exact) mass is 391 g/mol. The van der Waals surface area contributed by atoms with Crippen LogP contribution in [0.2, 0.25) is 0 Å². The number of hydrogen-bond acceptors (Lipinski definition) is 6. The van der Waals surface area contributed by atoms with E-state index >= 15 is 0 Å². The molecular formula is C22H21N3O4. The van der Waals surface area contributed by atoms with Gasteiger partial charge in [0.15, 0.2) is 0 Å². The van der Waals surface area contributed by atoms with E-state index < -0.39 is 5.97 Å². The van der Waals surface area contributed by atoms with Gasteiger partial charge in [0.2, 0.25) is 5.88 Å². The van der Waals surface area contributed by atoms with Crippen LogP contribution in [0.1, 0.15) is 34.9 Å². The van der Waals surface area contributed by atoms with Gasteiger partial charge in [0.25, 0.3) is 0 Å². The van der Waals surface area contributed by atoms with Crippen LogP contribution in [0, 0.1) is 13.8 Å². The van der Waals surface area contributed by atoms with E-state index in [1.807, 2.05) is 32.0 Å². The highest BCUT2D eigenvalue weighted by Gasteiger charge is 2.27. The Kier molecular flexibility index (Phi) is 5.12. The molecule has 0 amide bonds. The molecule has 2 aromatic heterocycles. The largest absolute Gasteiger partial charge is 0.492 e. The predicted octanol–water partition coefficient (Wildman–Crippen LogP) is 3.69. The number of ether oxygens (including phenoxy) is 2. The van der Waals surface area contributed by atoms with Crippen molar-refractivity contribution in [3.63, 3.8) is 0 Å². The normalized spacial score (nSPS) is 14.9. The first-order valence-corrected chi connectivity index (χ1v) is 9.36. The highest BCUT2D eigenvalue weighted by Crippen LogP contribution is 2.37. The molecule has 29 heavy (non-hydrogen) atoms. The molecule has 4 rings (SSSR count). The van der Waals surface area contributed by atoms with Crippen LogP contribution in [0.4, 0.5) is 0 Å². The van der Waals surface area contributed by atoms with Gasteiger partial charge in [0, 0.05) is 40.7 Å². The lowest BCUT2D eigenvalue weighted by atomic mass is 10.00. The molecule has 3 heterocycles. The van der Waals surface area contributed by atoms with E-state index in [2.05, 4.69) is 21.0 Å². The molecule has 1 aliphatic rings. The number of carboxylic acid groups (broad SMARTS) is 1. The van der Waals surface area contributed by atoms with Gasteiger partial charge >= 0.3 is 5.97 Å². The molecule has 0 saturated heterocycles. The van der Waals surface area contributed by atoms with Crippen LogP contribution in [0.3, 0.4) is 0 Å². The van der Waals surface area contributed by atoms with Gasteiger partial charge in [0.05, 0.1) is 13.0 Å². The quantitative estimate of drug-likeness (QED) is 0.685. The molecule has 1 atom stereocenters. The SMILES string of the molecule is Cc1ncnc(C)c1-c1cccc(COc2cc3c(cn2)C(CC(=O)O)CO3)c1. The number of carboxylic acids is 1. The van der Waals surface area contributed by atoms with Crippen LogP contribution in [0.15, 0.2) is 42.9 Å². The standard InChI is InChI=1S/C22H21N3O4/c1-13-22(14(2)25-12-24-13)16-5-3-4-15(6-16)10-29-20-8-19-18(9-23-20)17(11-28-19)7-21(26)27/h3-6,8-9,12,17H,7,10-11H2,1-2H3,(H,26,27). The van der Waals surface area contributed by atoms with Crippen LogP contribution in [0.25, 0.3) is 11.1 Å².